The Hall–Kier alpha value is -4.17. The van der Waals surface area contributed by atoms with E-state index in [-0.39, 0.29) is 28.4 Å². The number of hydrogen-bond acceptors (Lipinski definition) is 8. The number of hydrogen-bond donors (Lipinski definition) is 2. The highest BCUT2D eigenvalue weighted by Gasteiger charge is 2.42. The van der Waals surface area contributed by atoms with E-state index in [1.165, 1.54) is 28.3 Å². The molecule has 0 spiro atoms. The number of nitrogens with one attached hydrogen (secondary N) is 2. The van der Waals surface area contributed by atoms with E-state index in [4.69, 9.17) is 11.6 Å². The van der Waals surface area contributed by atoms with Crippen LogP contribution in [0.5, 0.6) is 5.88 Å². The molecule has 15 heteroatoms. The molecule has 2 aromatic heterocycles. The number of aromatic nitrogens is 2. The fourth-order valence-electron chi connectivity index (χ4n) is 4.77. The Balaban J connectivity index is 1.26. The summed E-state index contributed by atoms with van der Waals surface area (Å²) >= 11 is 7.18. The minimum Gasteiger partial charge on any atom is -0.417 e. The van der Waals surface area contributed by atoms with Gasteiger partial charge in [0.1, 0.15) is 15.9 Å². The number of thiazole rings is 1. The Labute approximate surface area is 247 Å². The molecule has 220 valence electrons. The second-order valence-corrected chi connectivity index (χ2v) is 10.8. The van der Waals surface area contributed by atoms with E-state index in [0.29, 0.717) is 47.6 Å². The summed E-state index contributed by atoms with van der Waals surface area (Å²) in [5, 5.41) is 8.57. The van der Waals surface area contributed by atoms with Crippen LogP contribution in [0.25, 0.3) is 10.6 Å². The van der Waals surface area contributed by atoms with E-state index < -0.39 is 36.3 Å². The second kappa shape index (κ2) is 12.4. The molecule has 1 fully saturated rings. The van der Waals surface area contributed by atoms with E-state index in [1.54, 1.807) is 31.2 Å². The average Bonchev–Trinajstić information content (AvgIpc) is 3.61. The first-order valence-electron chi connectivity index (χ1n) is 13.1. The van der Waals surface area contributed by atoms with Gasteiger partial charge in [0.05, 0.1) is 5.92 Å². The number of fused-ring (bicyclic) bond motifs is 2. The van der Waals surface area contributed by atoms with Crippen LogP contribution < -0.4 is 15.4 Å². The first-order valence-corrected chi connectivity index (χ1v) is 14.3. The average molecular weight is 619 g/mol. The molecular weight excluding hydrogens is 594 g/mol. The predicted octanol–water partition coefficient (Wildman–Crippen LogP) is 3.68. The summed E-state index contributed by atoms with van der Waals surface area (Å²) in [6.45, 7) is -0.495. The summed E-state index contributed by atoms with van der Waals surface area (Å²) < 4.78 is 29.0. The molecule has 2 aliphatic rings. The normalized spacial score (nSPS) is 17.0. The fourth-order valence-corrected chi connectivity index (χ4v) is 5.97. The molecule has 4 amide bonds. The second-order valence-electron chi connectivity index (χ2n) is 9.49. The number of carbonyl (C=O) groups excluding carboxylic acids is 4. The van der Waals surface area contributed by atoms with Crippen molar-refractivity contribution in [3.8, 4) is 16.5 Å². The molecule has 3 aromatic rings. The lowest BCUT2D eigenvalue weighted by Gasteiger charge is -2.28. The Bertz CT molecular complexity index is 1520. The van der Waals surface area contributed by atoms with E-state index >= 15 is 0 Å². The SMILES string of the molecule is CCC(CNC(=O)c1sc(-c2ccc(OC(F)F)nc2)nc1Cl)C(=O)N[C@@H]1C(=O)N2CCCN2C(=O)c2ccccc21. The molecular formula is C27H25ClF2N6O5S. The van der Waals surface area contributed by atoms with Gasteiger partial charge in [-0.3, -0.25) is 19.2 Å². The zero-order valence-corrected chi connectivity index (χ0v) is 23.8. The molecule has 4 heterocycles. The molecule has 42 heavy (non-hydrogen) atoms. The zero-order chi connectivity index (χ0) is 30.0. The lowest BCUT2D eigenvalue weighted by Crippen LogP contribution is -2.48. The van der Waals surface area contributed by atoms with Crippen molar-refractivity contribution in [2.24, 2.45) is 5.92 Å². The van der Waals surface area contributed by atoms with Gasteiger partial charge in [0.15, 0.2) is 5.15 Å². The van der Waals surface area contributed by atoms with E-state index in [9.17, 15) is 28.0 Å². The van der Waals surface area contributed by atoms with Crippen molar-refractivity contribution in [3.05, 3.63) is 63.8 Å². The first kappa shape index (κ1) is 29.3. The Morgan fingerprint density at radius 1 is 1.17 bits per heavy atom. The standard InChI is InChI=1S/C27H25ClF2N6O5S/c1-2-14(12-32-23(38)20-21(28)34-24(42-20)15-8-9-18(31-13-15)41-27(29)30)22(37)33-19-16-6-3-4-7-17(16)25(39)35-10-5-11-36(35)26(19)40/h3-4,6-9,13-14,19,27H,2,5,10-12H2,1H3,(H,32,38)(H,33,37)/t14?,19-/m0/s1. The van der Waals surface area contributed by atoms with Crippen molar-refractivity contribution >= 4 is 46.6 Å². The largest absolute Gasteiger partial charge is 0.417 e. The lowest BCUT2D eigenvalue weighted by atomic mass is 9.97. The van der Waals surface area contributed by atoms with Crippen molar-refractivity contribution in [3.63, 3.8) is 0 Å². The van der Waals surface area contributed by atoms with Gasteiger partial charge >= 0.3 is 6.61 Å². The van der Waals surface area contributed by atoms with Crippen LogP contribution in [0.15, 0.2) is 42.6 Å². The third kappa shape index (κ3) is 5.90. The number of benzene rings is 1. The first-order chi connectivity index (χ1) is 20.2. The van der Waals surface area contributed by atoms with Crippen molar-refractivity contribution in [1.29, 1.82) is 0 Å². The number of rotatable bonds is 9. The number of pyridine rings is 1. The van der Waals surface area contributed by atoms with E-state index in [2.05, 4.69) is 25.3 Å². The maximum Gasteiger partial charge on any atom is 0.388 e. The van der Waals surface area contributed by atoms with Gasteiger partial charge in [0.25, 0.3) is 17.7 Å². The fraction of sp³-hybridized carbons (Fsp3) is 0.333. The highest BCUT2D eigenvalue weighted by molar-refractivity contribution is 7.17. The van der Waals surface area contributed by atoms with Crippen molar-refractivity contribution in [2.75, 3.05) is 19.6 Å². The van der Waals surface area contributed by atoms with Crippen LogP contribution in [0.2, 0.25) is 5.15 Å². The van der Waals surface area contributed by atoms with E-state index in [1.807, 2.05) is 0 Å². The van der Waals surface area contributed by atoms with Gasteiger partial charge in [0, 0.05) is 43.0 Å². The molecule has 0 radical (unpaired) electrons. The van der Waals surface area contributed by atoms with Crippen LogP contribution in [0, 0.1) is 5.92 Å². The van der Waals surface area contributed by atoms with Crippen LogP contribution >= 0.6 is 22.9 Å². The molecule has 11 nitrogen and oxygen atoms in total. The van der Waals surface area contributed by atoms with Gasteiger partial charge in [-0.25, -0.2) is 20.0 Å². The Kier molecular flexibility index (Phi) is 8.64. The third-order valence-electron chi connectivity index (χ3n) is 6.91. The van der Waals surface area contributed by atoms with Crippen LogP contribution in [0.1, 0.15) is 51.4 Å². The molecule has 2 aliphatic heterocycles. The zero-order valence-electron chi connectivity index (χ0n) is 22.2. The molecule has 1 saturated heterocycles. The van der Waals surface area contributed by atoms with Crippen molar-refractivity contribution < 1.29 is 32.7 Å². The van der Waals surface area contributed by atoms with Crippen LogP contribution in [0.3, 0.4) is 0 Å². The molecule has 0 saturated carbocycles. The number of nitrogens with zero attached hydrogens (tertiary/aromatic N) is 4. The number of amides is 4. The molecule has 2 atom stereocenters. The van der Waals surface area contributed by atoms with Gasteiger partial charge in [-0.15, -0.1) is 11.3 Å². The Morgan fingerprint density at radius 3 is 2.64 bits per heavy atom. The number of alkyl halides is 2. The van der Waals surface area contributed by atoms with Gasteiger partial charge in [0.2, 0.25) is 11.8 Å². The number of carbonyl (C=O) groups is 4. The summed E-state index contributed by atoms with van der Waals surface area (Å²) in [5.74, 6) is -2.67. The minimum atomic E-state index is -3.01. The number of ether oxygens (including phenoxy) is 1. The van der Waals surface area contributed by atoms with Crippen molar-refractivity contribution in [2.45, 2.75) is 32.4 Å². The Morgan fingerprint density at radius 2 is 1.93 bits per heavy atom. The molecule has 0 bridgehead atoms. The van der Waals surface area contributed by atoms with Crippen LogP contribution in [0.4, 0.5) is 8.78 Å². The van der Waals surface area contributed by atoms with Gasteiger partial charge < -0.3 is 15.4 Å². The molecule has 5 rings (SSSR count). The quantitative estimate of drug-likeness (QED) is 0.374. The molecule has 2 N–H and O–H groups in total. The summed E-state index contributed by atoms with van der Waals surface area (Å²) in [7, 11) is 0. The van der Waals surface area contributed by atoms with Crippen molar-refractivity contribution in [1.82, 2.24) is 30.6 Å². The third-order valence-corrected chi connectivity index (χ3v) is 8.40. The summed E-state index contributed by atoms with van der Waals surface area (Å²) in [6.07, 6.45) is 2.26. The lowest BCUT2D eigenvalue weighted by molar-refractivity contribution is -0.144. The predicted molar refractivity (Wildman–Crippen MR) is 148 cm³/mol. The molecule has 0 aliphatic carbocycles. The van der Waals surface area contributed by atoms with Crippen LogP contribution in [-0.4, -0.2) is 69.9 Å². The summed E-state index contributed by atoms with van der Waals surface area (Å²) in [5.41, 5.74) is 1.21. The summed E-state index contributed by atoms with van der Waals surface area (Å²) in [4.78, 5) is 60.9. The highest BCUT2D eigenvalue weighted by Crippen LogP contribution is 2.32. The smallest absolute Gasteiger partial charge is 0.388 e. The number of halogens is 3. The highest BCUT2D eigenvalue weighted by atomic mass is 35.5. The van der Waals surface area contributed by atoms with E-state index in [0.717, 1.165) is 11.3 Å². The van der Waals surface area contributed by atoms with Crippen LogP contribution in [-0.2, 0) is 9.59 Å². The minimum absolute atomic E-state index is 0.0523. The summed E-state index contributed by atoms with van der Waals surface area (Å²) in [6, 6.07) is 8.35. The van der Waals surface area contributed by atoms with Gasteiger partial charge in [-0.1, -0.05) is 36.7 Å². The molecule has 1 aromatic carbocycles. The maximum absolute atomic E-state index is 13.4. The van der Waals surface area contributed by atoms with Gasteiger partial charge in [-0.2, -0.15) is 8.78 Å². The van der Waals surface area contributed by atoms with Gasteiger partial charge in [-0.05, 0) is 30.5 Å². The monoisotopic (exact) mass is 618 g/mol. The topological polar surface area (TPSA) is 134 Å². The maximum atomic E-state index is 13.4. The number of hydrazine groups is 1. The molecule has 1 unspecified atom stereocenters.